The number of rotatable bonds is 6. The minimum atomic E-state index is -0.293. The second-order valence-electron chi connectivity index (χ2n) is 5.92. The van der Waals surface area contributed by atoms with Crippen molar-refractivity contribution in [3.63, 3.8) is 0 Å². The largest absolute Gasteiger partial charge is 0.340 e. The van der Waals surface area contributed by atoms with Crippen LogP contribution in [0.3, 0.4) is 0 Å². The molecule has 0 saturated heterocycles. The quantitative estimate of drug-likeness (QED) is 0.842. The molecule has 1 aromatic heterocycles. The monoisotopic (exact) mass is 359 g/mol. The summed E-state index contributed by atoms with van der Waals surface area (Å²) in [4.78, 5) is 30.6. The van der Waals surface area contributed by atoms with Gasteiger partial charge in [-0.2, -0.15) is 0 Å². The fraction of sp³-hybridized carbons (Fsp3) is 0.316. The van der Waals surface area contributed by atoms with E-state index >= 15 is 0 Å². The Labute approximate surface area is 153 Å². The maximum Gasteiger partial charge on any atom is 0.272 e. The van der Waals surface area contributed by atoms with Gasteiger partial charge in [0.25, 0.3) is 11.8 Å². The number of carbonyl (C=O) groups excluding carboxylic acids is 2. The molecule has 2 aromatic rings. The Morgan fingerprint density at radius 2 is 2.00 bits per heavy atom. The number of benzene rings is 1. The summed E-state index contributed by atoms with van der Waals surface area (Å²) in [6.07, 6.45) is 3.41. The number of aromatic nitrogens is 1. The molecule has 0 saturated carbocycles. The van der Waals surface area contributed by atoms with Crippen LogP contribution >= 0.6 is 11.6 Å². The lowest BCUT2D eigenvalue weighted by Gasteiger charge is -2.16. The summed E-state index contributed by atoms with van der Waals surface area (Å²) in [7, 11) is 1.74. The maximum atomic E-state index is 12.5. The van der Waals surface area contributed by atoms with E-state index in [1.165, 1.54) is 12.3 Å². The van der Waals surface area contributed by atoms with Gasteiger partial charge in [-0.05, 0) is 49.2 Å². The number of pyridine rings is 1. The van der Waals surface area contributed by atoms with E-state index in [9.17, 15) is 9.59 Å². The Bertz CT molecular complexity index is 777. The number of nitrogens with zero attached hydrogens (tertiary/aromatic N) is 2. The van der Waals surface area contributed by atoms with E-state index in [-0.39, 0.29) is 17.5 Å². The highest BCUT2D eigenvalue weighted by Crippen LogP contribution is 2.20. The molecule has 2 rings (SSSR count). The number of hydrogen-bond acceptors (Lipinski definition) is 3. The van der Waals surface area contributed by atoms with Crippen molar-refractivity contribution in [1.82, 2.24) is 9.88 Å². The van der Waals surface area contributed by atoms with Gasteiger partial charge < -0.3 is 10.2 Å². The van der Waals surface area contributed by atoms with Crippen molar-refractivity contribution in [1.29, 1.82) is 0 Å². The second kappa shape index (κ2) is 8.62. The summed E-state index contributed by atoms with van der Waals surface area (Å²) in [6, 6.07) is 8.35. The number of halogens is 1. The fourth-order valence-corrected chi connectivity index (χ4v) is 2.57. The first-order chi connectivity index (χ1) is 11.9. The van der Waals surface area contributed by atoms with E-state index in [4.69, 9.17) is 11.6 Å². The number of hydrogen-bond donors (Lipinski definition) is 1. The number of aryl methyl sites for hydroxylation is 1. The van der Waals surface area contributed by atoms with Crippen LogP contribution in [-0.2, 0) is 0 Å². The van der Waals surface area contributed by atoms with Gasteiger partial charge in [0, 0.05) is 36.1 Å². The van der Waals surface area contributed by atoms with Crippen molar-refractivity contribution in [2.24, 2.45) is 0 Å². The predicted octanol–water partition coefficient (Wildman–Crippen LogP) is 4.17. The van der Waals surface area contributed by atoms with Crippen LogP contribution in [0, 0.1) is 6.92 Å². The van der Waals surface area contributed by atoms with Crippen LogP contribution in [0.25, 0.3) is 0 Å². The zero-order valence-corrected chi connectivity index (χ0v) is 15.4. The molecule has 1 heterocycles. The van der Waals surface area contributed by atoms with E-state index in [1.54, 1.807) is 36.2 Å². The second-order valence-corrected chi connectivity index (χ2v) is 6.36. The highest BCUT2D eigenvalue weighted by molar-refractivity contribution is 6.30. The molecule has 0 unspecified atom stereocenters. The molecule has 25 heavy (non-hydrogen) atoms. The van der Waals surface area contributed by atoms with Crippen LogP contribution in [0.5, 0.6) is 0 Å². The Morgan fingerprint density at radius 1 is 1.24 bits per heavy atom. The van der Waals surface area contributed by atoms with Crippen molar-refractivity contribution in [2.45, 2.75) is 26.7 Å². The molecule has 1 N–H and O–H groups in total. The highest BCUT2D eigenvalue weighted by atomic mass is 35.5. The van der Waals surface area contributed by atoms with E-state index in [1.807, 2.05) is 6.92 Å². The zero-order chi connectivity index (χ0) is 18.4. The van der Waals surface area contributed by atoms with E-state index in [2.05, 4.69) is 17.2 Å². The van der Waals surface area contributed by atoms with Gasteiger partial charge in [-0.15, -0.1) is 0 Å². The maximum absolute atomic E-state index is 12.5. The van der Waals surface area contributed by atoms with Crippen molar-refractivity contribution < 1.29 is 9.59 Å². The van der Waals surface area contributed by atoms with Crippen LogP contribution < -0.4 is 5.32 Å². The first-order valence-electron chi connectivity index (χ1n) is 8.21. The summed E-state index contributed by atoms with van der Waals surface area (Å²) in [5.41, 5.74) is 2.19. The predicted molar refractivity (Wildman–Crippen MR) is 100 cm³/mol. The lowest BCUT2D eigenvalue weighted by atomic mass is 10.1. The van der Waals surface area contributed by atoms with Crippen molar-refractivity contribution >= 4 is 29.1 Å². The molecule has 1 aromatic carbocycles. The lowest BCUT2D eigenvalue weighted by molar-refractivity contribution is 0.0787. The van der Waals surface area contributed by atoms with Gasteiger partial charge in [-0.1, -0.05) is 24.9 Å². The third-order valence-electron chi connectivity index (χ3n) is 3.87. The van der Waals surface area contributed by atoms with E-state index in [0.717, 1.165) is 18.4 Å². The molecular weight excluding hydrogens is 338 g/mol. The van der Waals surface area contributed by atoms with Gasteiger partial charge in [0.2, 0.25) is 0 Å². The summed E-state index contributed by atoms with van der Waals surface area (Å²) in [5.74, 6) is -0.483. The Hall–Kier alpha value is -2.40. The highest BCUT2D eigenvalue weighted by Gasteiger charge is 2.15. The van der Waals surface area contributed by atoms with Crippen molar-refractivity contribution in [2.75, 3.05) is 18.9 Å². The molecule has 0 aliphatic rings. The Balaban J connectivity index is 2.14. The molecule has 132 valence electrons. The molecular formula is C19H22ClN3O2. The van der Waals surface area contributed by atoms with Gasteiger partial charge in [0.15, 0.2) is 0 Å². The SMILES string of the molecule is CCCCN(C)C(=O)c1cc(C(=O)Nc2ccc(Cl)cc2C)ccn1. The van der Waals surface area contributed by atoms with Crippen LogP contribution in [-0.4, -0.2) is 35.3 Å². The minimum absolute atomic E-state index is 0.189. The topological polar surface area (TPSA) is 62.3 Å². The first kappa shape index (κ1) is 18.9. The third kappa shape index (κ3) is 5.03. The standard InChI is InChI=1S/C19H22ClN3O2/c1-4-5-10-23(3)19(25)17-12-14(8-9-21-17)18(24)22-16-7-6-15(20)11-13(16)2/h6-9,11-12H,4-5,10H2,1-3H3,(H,22,24). The van der Waals surface area contributed by atoms with Gasteiger partial charge in [-0.3, -0.25) is 14.6 Å². The van der Waals surface area contributed by atoms with E-state index in [0.29, 0.717) is 22.8 Å². The molecule has 0 aliphatic heterocycles. The molecule has 0 spiro atoms. The van der Waals surface area contributed by atoms with Crippen LogP contribution in [0.4, 0.5) is 5.69 Å². The normalized spacial score (nSPS) is 10.4. The minimum Gasteiger partial charge on any atom is -0.340 e. The number of carbonyl (C=O) groups is 2. The van der Waals surface area contributed by atoms with Gasteiger partial charge in [0.1, 0.15) is 5.69 Å². The lowest BCUT2D eigenvalue weighted by Crippen LogP contribution is -2.28. The zero-order valence-electron chi connectivity index (χ0n) is 14.7. The summed E-state index contributed by atoms with van der Waals surface area (Å²) < 4.78 is 0. The smallest absolute Gasteiger partial charge is 0.272 e. The first-order valence-corrected chi connectivity index (χ1v) is 8.59. The average molecular weight is 360 g/mol. The molecule has 2 amide bonds. The molecule has 0 radical (unpaired) electrons. The molecule has 0 bridgehead atoms. The summed E-state index contributed by atoms with van der Waals surface area (Å²) >= 11 is 5.93. The summed E-state index contributed by atoms with van der Waals surface area (Å²) in [5, 5.41) is 3.45. The van der Waals surface area contributed by atoms with Crippen molar-refractivity contribution in [3.05, 3.63) is 58.4 Å². The number of amides is 2. The molecule has 0 fully saturated rings. The van der Waals surface area contributed by atoms with Crippen LogP contribution in [0.1, 0.15) is 46.2 Å². The van der Waals surface area contributed by atoms with Gasteiger partial charge in [-0.25, -0.2) is 0 Å². The van der Waals surface area contributed by atoms with Crippen LogP contribution in [0.2, 0.25) is 5.02 Å². The van der Waals surface area contributed by atoms with E-state index < -0.39 is 0 Å². The number of unbranched alkanes of at least 4 members (excludes halogenated alkanes) is 1. The Morgan fingerprint density at radius 3 is 2.68 bits per heavy atom. The third-order valence-corrected chi connectivity index (χ3v) is 4.11. The Kier molecular flexibility index (Phi) is 6.53. The molecule has 0 atom stereocenters. The van der Waals surface area contributed by atoms with Gasteiger partial charge in [0.05, 0.1) is 0 Å². The summed E-state index contributed by atoms with van der Waals surface area (Å²) in [6.45, 7) is 4.60. The molecule has 6 heteroatoms. The number of anilines is 1. The van der Waals surface area contributed by atoms with Crippen molar-refractivity contribution in [3.8, 4) is 0 Å². The number of nitrogens with one attached hydrogen (secondary N) is 1. The van der Waals surface area contributed by atoms with Gasteiger partial charge >= 0.3 is 0 Å². The fourth-order valence-electron chi connectivity index (χ4n) is 2.34. The average Bonchev–Trinajstić information content (AvgIpc) is 2.61. The molecule has 0 aliphatic carbocycles. The molecule has 5 nitrogen and oxygen atoms in total. The van der Waals surface area contributed by atoms with Crippen LogP contribution in [0.15, 0.2) is 36.5 Å².